The molecule has 0 amide bonds. The Morgan fingerprint density at radius 1 is 0.275 bits per heavy atom. The van der Waals surface area contributed by atoms with Crippen LogP contribution >= 0.6 is 0 Å². The summed E-state index contributed by atoms with van der Waals surface area (Å²) in [5.74, 6) is 0. The third kappa shape index (κ3) is 6.18. The molecule has 3 aromatic heterocycles. The number of hydrogen-bond donors (Lipinski definition) is 0. The molecule has 13 aromatic rings. The second-order valence-corrected chi connectivity index (χ2v) is 18.3. The molecule has 0 bridgehead atoms. The van der Waals surface area contributed by atoms with Gasteiger partial charge in [0.25, 0.3) is 0 Å². The highest BCUT2D eigenvalue weighted by atomic mass is 14.8. The smallest absolute Gasteiger partial charge is 0.0972 e. The van der Waals surface area contributed by atoms with Crippen LogP contribution in [0.5, 0.6) is 0 Å². The lowest BCUT2D eigenvalue weighted by Gasteiger charge is -2.34. The van der Waals surface area contributed by atoms with Crippen LogP contribution < -0.4 is 0 Å². The van der Waals surface area contributed by atoms with Gasteiger partial charge in [-0.15, -0.1) is 0 Å². The maximum Gasteiger partial charge on any atom is 0.0972 e. The van der Waals surface area contributed by atoms with Gasteiger partial charge in [0.1, 0.15) is 0 Å². The predicted octanol–water partition coefficient (Wildman–Crippen LogP) is 16.7. The van der Waals surface area contributed by atoms with E-state index in [2.05, 4.69) is 243 Å². The molecule has 0 unspecified atom stereocenters. The molecule has 0 atom stereocenters. The lowest BCUT2D eigenvalue weighted by Crippen LogP contribution is -2.28. The summed E-state index contributed by atoms with van der Waals surface area (Å²) in [6.45, 7) is 0. The van der Waals surface area contributed by atoms with Crippen molar-refractivity contribution in [2.75, 3.05) is 0 Å². The quantitative estimate of drug-likeness (QED) is 0.156. The Hall–Kier alpha value is -9.05. The summed E-state index contributed by atoms with van der Waals surface area (Å²) in [4.78, 5) is 15.8. The number of aromatic nitrogens is 3. The number of hydrogen-bond acceptors (Lipinski definition) is 3. The van der Waals surface area contributed by atoms with E-state index in [9.17, 15) is 0 Å². The average Bonchev–Trinajstić information content (AvgIpc) is 3.72. The van der Waals surface area contributed by atoms with Gasteiger partial charge < -0.3 is 0 Å². The van der Waals surface area contributed by atoms with Crippen LogP contribution in [0.1, 0.15) is 22.3 Å². The molecule has 69 heavy (non-hydrogen) atoms. The molecule has 320 valence electrons. The highest BCUT2D eigenvalue weighted by Gasteiger charge is 2.46. The van der Waals surface area contributed by atoms with Gasteiger partial charge in [0.05, 0.1) is 39.0 Å². The minimum atomic E-state index is -0.485. The van der Waals surface area contributed by atoms with Crippen LogP contribution in [-0.2, 0) is 5.41 Å². The molecule has 3 nitrogen and oxygen atoms in total. The molecule has 0 saturated heterocycles. The van der Waals surface area contributed by atoms with Crippen molar-refractivity contribution in [3.05, 3.63) is 271 Å². The largest absolute Gasteiger partial charge is 0.247 e. The van der Waals surface area contributed by atoms with Crippen molar-refractivity contribution in [2.45, 2.75) is 5.41 Å². The maximum atomic E-state index is 5.43. The molecule has 0 spiro atoms. The molecule has 3 heterocycles. The van der Waals surface area contributed by atoms with E-state index in [1.54, 1.807) is 0 Å². The fraction of sp³-hybridized carbons (Fsp3) is 0.0152. The molecule has 0 N–H and O–H groups in total. The summed E-state index contributed by atoms with van der Waals surface area (Å²) in [6.07, 6.45) is 0. The summed E-state index contributed by atoms with van der Waals surface area (Å²) < 4.78 is 0. The van der Waals surface area contributed by atoms with Crippen molar-refractivity contribution < 1.29 is 0 Å². The third-order valence-corrected chi connectivity index (χ3v) is 14.5. The minimum Gasteiger partial charge on any atom is -0.247 e. The summed E-state index contributed by atoms with van der Waals surface area (Å²) in [5.41, 5.74) is 18.4. The zero-order chi connectivity index (χ0) is 45.5. The first-order valence-corrected chi connectivity index (χ1v) is 23.7. The van der Waals surface area contributed by atoms with E-state index in [-0.39, 0.29) is 0 Å². The number of benzene rings is 10. The second-order valence-electron chi connectivity index (χ2n) is 18.3. The van der Waals surface area contributed by atoms with Crippen LogP contribution in [0.3, 0.4) is 0 Å². The fourth-order valence-electron chi connectivity index (χ4n) is 11.2. The first-order valence-electron chi connectivity index (χ1n) is 23.7. The summed E-state index contributed by atoms with van der Waals surface area (Å²) in [6, 6.07) is 90.1. The topological polar surface area (TPSA) is 38.7 Å². The molecule has 0 aliphatic heterocycles. The molecule has 1 aliphatic rings. The van der Waals surface area contributed by atoms with Gasteiger partial charge in [-0.25, -0.2) is 15.0 Å². The van der Waals surface area contributed by atoms with Crippen LogP contribution in [0.25, 0.3) is 110 Å². The van der Waals surface area contributed by atoms with E-state index in [1.807, 2.05) is 6.07 Å². The average molecular weight is 876 g/mol. The van der Waals surface area contributed by atoms with Crippen LogP contribution in [0, 0.1) is 0 Å². The Bertz CT molecular complexity index is 4120. The number of fused-ring (bicyclic) bond motifs is 10. The van der Waals surface area contributed by atoms with Crippen molar-refractivity contribution in [3.63, 3.8) is 0 Å². The van der Waals surface area contributed by atoms with Crippen molar-refractivity contribution >= 4 is 54.3 Å². The molecule has 10 aromatic carbocycles. The number of nitrogens with zero attached hydrogens (tertiary/aromatic N) is 3. The lowest BCUT2D eigenvalue weighted by molar-refractivity contribution is 0.769. The van der Waals surface area contributed by atoms with E-state index in [4.69, 9.17) is 15.0 Å². The zero-order valence-electron chi connectivity index (χ0n) is 37.5. The van der Waals surface area contributed by atoms with Crippen molar-refractivity contribution in [1.82, 2.24) is 15.0 Å². The van der Waals surface area contributed by atoms with Gasteiger partial charge in [-0.3, -0.25) is 0 Å². The van der Waals surface area contributed by atoms with Crippen molar-refractivity contribution in [1.29, 1.82) is 0 Å². The number of rotatable bonds is 6. The van der Waals surface area contributed by atoms with E-state index in [0.29, 0.717) is 0 Å². The number of pyridine rings is 3. The summed E-state index contributed by atoms with van der Waals surface area (Å²) in [5, 5.41) is 8.00. The van der Waals surface area contributed by atoms with E-state index in [1.165, 1.54) is 44.2 Å². The first-order chi connectivity index (χ1) is 34.2. The second kappa shape index (κ2) is 15.5. The molecule has 0 saturated carbocycles. The Morgan fingerprint density at radius 2 is 0.812 bits per heavy atom. The van der Waals surface area contributed by atoms with Gasteiger partial charge in [0, 0.05) is 38.2 Å². The molecule has 0 radical (unpaired) electrons. The number of para-hydroxylation sites is 1. The van der Waals surface area contributed by atoms with Gasteiger partial charge in [0.15, 0.2) is 0 Å². The van der Waals surface area contributed by atoms with E-state index < -0.39 is 5.41 Å². The summed E-state index contributed by atoms with van der Waals surface area (Å²) >= 11 is 0. The molecule has 0 fully saturated rings. The SMILES string of the molecule is c1ccc(-c2ccc3ccc4ccc(-c5ccc6ccc(-c7ccc(-c8nc9ccccc9c9cc%10c(cc89)-c8ccccc8C%10(c8ccccc8)c8ccccc8)cc7)cc6c5)nc4c3n2)cc1. The third-order valence-electron chi connectivity index (χ3n) is 14.5. The van der Waals surface area contributed by atoms with Gasteiger partial charge in [-0.2, -0.15) is 0 Å². The fourth-order valence-corrected chi connectivity index (χ4v) is 11.2. The Labute approximate surface area is 399 Å². The monoisotopic (exact) mass is 875 g/mol. The Kier molecular flexibility index (Phi) is 8.80. The highest BCUT2D eigenvalue weighted by Crippen LogP contribution is 2.57. The Morgan fingerprint density at radius 3 is 1.52 bits per heavy atom. The molecule has 14 rings (SSSR count). The lowest BCUT2D eigenvalue weighted by atomic mass is 9.67. The van der Waals surface area contributed by atoms with Gasteiger partial charge in [0.2, 0.25) is 0 Å². The van der Waals surface area contributed by atoms with Crippen LogP contribution in [0.2, 0.25) is 0 Å². The van der Waals surface area contributed by atoms with Crippen LogP contribution in [0.4, 0.5) is 0 Å². The van der Waals surface area contributed by atoms with E-state index >= 15 is 0 Å². The standard InChI is InChI=1S/C66H41N3/c1-4-14-44(15-5-1)60-36-34-46-30-31-47-35-37-61(68-65(47)64(46)67-60)49-33-27-43-26-32-48(38-50(43)39-49)42-24-28-45(29-25-42)63-57-40-56-53-20-10-12-22-58(53)66(51-16-6-2-7-17-51,52-18-8-3-9-19-52)59(56)41-55(57)54-21-11-13-23-62(54)69-63/h1-41H. The highest BCUT2D eigenvalue weighted by molar-refractivity contribution is 6.13. The summed E-state index contributed by atoms with van der Waals surface area (Å²) in [7, 11) is 0. The van der Waals surface area contributed by atoms with Crippen LogP contribution in [-0.4, -0.2) is 15.0 Å². The van der Waals surface area contributed by atoms with E-state index in [0.717, 1.165) is 88.4 Å². The first kappa shape index (κ1) is 39.1. The molecular formula is C66H41N3. The maximum absolute atomic E-state index is 5.43. The Balaban J connectivity index is 0.866. The van der Waals surface area contributed by atoms with Crippen LogP contribution in [0.15, 0.2) is 249 Å². The molecule has 1 aliphatic carbocycles. The molecule has 3 heteroatoms. The van der Waals surface area contributed by atoms with Gasteiger partial charge in [-0.05, 0) is 103 Å². The van der Waals surface area contributed by atoms with Gasteiger partial charge in [-0.1, -0.05) is 206 Å². The molecular weight excluding hydrogens is 835 g/mol. The normalized spacial score (nSPS) is 12.8. The van der Waals surface area contributed by atoms with Crippen molar-refractivity contribution in [3.8, 4) is 56.0 Å². The predicted molar refractivity (Wildman–Crippen MR) is 286 cm³/mol. The minimum absolute atomic E-state index is 0.485. The van der Waals surface area contributed by atoms with Crippen molar-refractivity contribution in [2.24, 2.45) is 0 Å². The zero-order valence-corrected chi connectivity index (χ0v) is 37.5. The van der Waals surface area contributed by atoms with Gasteiger partial charge >= 0.3 is 0 Å².